The first-order chi connectivity index (χ1) is 29.2. The maximum atomic E-state index is 11.3. The van der Waals surface area contributed by atoms with Crippen LogP contribution in [0, 0.1) is 0 Å². The molecule has 10 N–H and O–H groups in total. The zero-order valence-corrected chi connectivity index (χ0v) is 38.3. The molecule has 4 atom stereocenters. The maximum absolute atomic E-state index is 11.3. The van der Waals surface area contributed by atoms with Crippen LogP contribution in [0.3, 0.4) is 0 Å². The number of imidazole rings is 4. The van der Waals surface area contributed by atoms with Crippen LogP contribution in [-0.2, 0) is 68.8 Å². The number of thioether (sulfide) groups is 1. The zero-order valence-electron chi connectivity index (χ0n) is 34.2. The Morgan fingerprint density at radius 2 is 0.892 bits per heavy atom. The van der Waals surface area contributed by atoms with Crippen LogP contribution in [0.25, 0.3) is 0 Å². The molecule has 0 unspecified atom stereocenters. The number of nitrogens with one attached hydrogen (secondary N) is 8. The van der Waals surface area contributed by atoms with Crippen LogP contribution in [0.1, 0.15) is 64.8 Å². The molecule has 0 saturated carbocycles. The molecule has 30 heteroatoms. The molecule has 4 aromatic rings. The summed E-state index contributed by atoms with van der Waals surface area (Å²) in [6.07, 6.45) is 7.26. The lowest BCUT2D eigenvalue weighted by Gasteiger charge is -2.18. The van der Waals surface area contributed by atoms with Crippen LogP contribution in [0.2, 0.25) is 0 Å². The molecule has 4 heterocycles. The van der Waals surface area contributed by atoms with Gasteiger partial charge in [0.25, 0.3) is 0 Å². The molecule has 0 spiro atoms. The monoisotopic (exact) mass is 1010 g/mol. The van der Waals surface area contributed by atoms with Crippen LogP contribution in [0.4, 0.5) is 0 Å². The zero-order chi connectivity index (χ0) is 46.5. The summed E-state index contributed by atoms with van der Waals surface area (Å²) >= 11 is 0.897. The average Bonchev–Trinajstić information content (AvgIpc) is 4.00. The molecule has 65 heavy (non-hydrogen) atoms. The molecule has 0 fully saturated rings. The number of aromatic nitrogens is 8. The van der Waals surface area contributed by atoms with Gasteiger partial charge in [-0.1, -0.05) is 7.43 Å². The first-order valence-electron chi connectivity index (χ1n) is 17.7. The van der Waals surface area contributed by atoms with E-state index in [1.165, 1.54) is 87.7 Å². The number of hydrogen-bond acceptors (Lipinski definition) is 18. The second-order valence-corrected chi connectivity index (χ2v) is 15.8. The Balaban J connectivity index is 0. The molecule has 25 nitrogen and oxygen atoms in total. The van der Waals surface area contributed by atoms with Crippen molar-refractivity contribution in [1.29, 1.82) is 0 Å². The van der Waals surface area contributed by atoms with Gasteiger partial charge in [0.2, 0.25) is 23.6 Å². The summed E-state index contributed by atoms with van der Waals surface area (Å²) in [5.41, 5.74) is 2.14. The fourth-order valence-electron chi connectivity index (χ4n) is 4.81. The predicted octanol–water partition coefficient (Wildman–Crippen LogP) is -1.27. The van der Waals surface area contributed by atoms with E-state index in [0.29, 0.717) is 37.9 Å². The van der Waals surface area contributed by atoms with Gasteiger partial charge in [-0.25, -0.2) is 29.5 Å². The molecule has 360 valence electrons. The Morgan fingerprint density at radius 3 is 1.22 bits per heavy atom. The van der Waals surface area contributed by atoms with Crippen molar-refractivity contribution >= 4 is 111 Å². The molecular weight excluding hydrogens is 964 g/mol. The number of aliphatic carboxylic acids is 4. The molecule has 0 bridgehead atoms. The number of rotatable bonds is 20. The van der Waals surface area contributed by atoms with Crippen molar-refractivity contribution < 1.29 is 63.6 Å². The van der Waals surface area contributed by atoms with Gasteiger partial charge in [0.15, 0.2) is 5.12 Å². The van der Waals surface area contributed by atoms with E-state index in [4.69, 9.17) is 0 Å². The quantitative estimate of drug-likeness (QED) is 0.0364. The van der Waals surface area contributed by atoms with Gasteiger partial charge in [-0.05, 0) is 33.3 Å². The minimum atomic E-state index is -1.39. The largest absolute Gasteiger partial charge is 0.548 e. The first kappa shape index (κ1) is 61.0. The van der Waals surface area contributed by atoms with Crippen LogP contribution in [0.15, 0.2) is 46.6 Å². The smallest absolute Gasteiger partial charge is 0.326 e. The third-order valence-corrected chi connectivity index (χ3v) is 10.5. The minimum Gasteiger partial charge on any atom is -0.548 e. The number of halogens is 2. The second-order valence-electron chi connectivity index (χ2n) is 12.5. The highest BCUT2D eigenvalue weighted by molar-refractivity contribution is 8.76. The summed E-state index contributed by atoms with van der Waals surface area (Å²) < 4.78 is 0. The van der Waals surface area contributed by atoms with Crippen LogP contribution >= 0.6 is 58.2 Å². The van der Waals surface area contributed by atoms with E-state index >= 15 is 0 Å². The fourth-order valence-corrected chi connectivity index (χ4v) is 7.62. The normalized spacial score (nSPS) is 11.8. The summed E-state index contributed by atoms with van der Waals surface area (Å²) in [7, 11) is 2.40. The average molecular weight is 1010 g/mol. The van der Waals surface area contributed by atoms with Crippen LogP contribution < -0.4 is 31.5 Å². The van der Waals surface area contributed by atoms with Gasteiger partial charge in [-0.15, -0.1) is 24.8 Å². The Labute approximate surface area is 395 Å². The number of carboxylic acids is 4. The lowest BCUT2D eigenvalue weighted by atomic mass is 10.1. The highest BCUT2D eigenvalue weighted by atomic mass is 35.5. The number of hydrogen-bond donors (Lipinski definition) is 10. The van der Waals surface area contributed by atoms with Crippen molar-refractivity contribution in [1.82, 2.24) is 61.1 Å². The first-order valence-corrected chi connectivity index (χ1v) is 20.7. The number of H-pyrrole nitrogens is 4. The van der Waals surface area contributed by atoms with Crippen LogP contribution in [-0.4, -0.2) is 127 Å². The SMILES string of the molecule is C.CC(=O)N[C@@H](Cc1[nH]cnc1SC(C)=O)C(=O)[O-].CC(=O)N[C@@H](Cc1[nH]cnc1SSc1nc[nH]c1C[C@H](NC(C)=O)C(=O)O)C(=O)O.CC(=O)N[C@@H](Cc1cnc[nH]1)C(=O)[O-].Cl.Cl. The molecule has 0 aliphatic rings. The second kappa shape index (κ2) is 30.9. The van der Waals surface area contributed by atoms with Crippen molar-refractivity contribution in [2.24, 2.45) is 0 Å². The Kier molecular flexibility index (Phi) is 29.0. The Morgan fingerprint density at radius 1 is 0.554 bits per heavy atom. The van der Waals surface area contributed by atoms with E-state index in [1.807, 2.05) is 0 Å². The van der Waals surface area contributed by atoms with Crippen LogP contribution in [0.5, 0.6) is 0 Å². The molecule has 4 amide bonds. The molecule has 4 aromatic heterocycles. The molecule has 0 aromatic carbocycles. The van der Waals surface area contributed by atoms with E-state index < -0.39 is 71.7 Å². The third kappa shape index (κ3) is 23.4. The van der Waals surface area contributed by atoms with Gasteiger partial charge >= 0.3 is 11.9 Å². The third-order valence-electron chi connectivity index (χ3n) is 7.36. The van der Waals surface area contributed by atoms with E-state index in [9.17, 15) is 63.6 Å². The highest BCUT2D eigenvalue weighted by Gasteiger charge is 2.24. The van der Waals surface area contributed by atoms with E-state index in [1.54, 1.807) is 0 Å². The number of carboxylic acid groups (broad SMARTS) is 4. The van der Waals surface area contributed by atoms with Gasteiger partial charge in [0.05, 0.1) is 66.4 Å². The number of carbonyl (C=O) groups excluding carboxylic acids is 7. The van der Waals surface area contributed by atoms with Crippen molar-refractivity contribution in [3.63, 3.8) is 0 Å². The maximum Gasteiger partial charge on any atom is 0.326 e. The van der Waals surface area contributed by atoms with Crippen molar-refractivity contribution in [2.45, 2.75) is 107 Å². The lowest BCUT2D eigenvalue weighted by Crippen LogP contribution is -2.48. The number of nitrogens with zero attached hydrogens (tertiary/aromatic N) is 4. The number of amides is 4. The molecule has 0 saturated heterocycles. The lowest BCUT2D eigenvalue weighted by molar-refractivity contribution is -0.309. The highest BCUT2D eigenvalue weighted by Crippen LogP contribution is 2.38. The van der Waals surface area contributed by atoms with Crippen molar-refractivity contribution in [3.8, 4) is 0 Å². The molecule has 4 rings (SSSR count). The van der Waals surface area contributed by atoms with Gasteiger partial charge in [0, 0.05) is 72.2 Å². The van der Waals surface area contributed by atoms with Crippen molar-refractivity contribution in [3.05, 3.63) is 54.3 Å². The standard InChI is InChI=1S/C16H20N6O6S2.C10H13N3O4S.C8H11N3O3.CH4.2ClH/c1-7(23)21-11(15(25)26)3-9-13(19-5-17-9)29-30-14-10(18-6-20-14)4-12(16(27)28)22-8(2)24;1-5(14)13-8(10(16)17)3-7-9(12-4-11-7)18-6(2)15;1-5(12)11-7(8(13)14)2-6-3-9-4-10-6;;;/h5-6,11-12H,3-4H2,1-2H3,(H,17,19)(H,18,20)(H,21,23)(H,22,24)(H,25,26)(H,27,28);4,8H,3H2,1-2H3,(H,11,12)(H,13,14)(H,16,17);3-4,7H,2H2,1H3,(H,9,10)(H,11,12)(H,13,14);1H4;2*1H/p-2/t11-,12-;8-;7-;;;/m000.../s1. The van der Waals surface area contributed by atoms with Gasteiger partial charge in [-0.3, -0.25) is 24.0 Å². The summed E-state index contributed by atoms with van der Waals surface area (Å²) in [6, 6.07) is -4.40. The Hall–Kier alpha value is -6.10. The van der Waals surface area contributed by atoms with Gasteiger partial charge in [-0.2, -0.15) is 0 Å². The predicted molar refractivity (Wildman–Crippen MR) is 234 cm³/mol. The van der Waals surface area contributed by atoms with Gasteiger partial charge < -0.3 is 71.2 Å². The fraction of sp³-hybridized carbons (Fsp3) is 0.400. The summed E-state index contributed by atoms with van der Waals surface area (Å²) in [6.45, 7) is 6.32. The van der Waals surface area contributed by atoms with E-state index in [0.717, 1.165) is 11.8 Å². The van der Waals surface area contributed by atoms with E-state index in [-0.39, 0.29) is 63.0 Å². The summed E-state index contributed by atoms with van der Waals surface area (Å²) in [5, 5.41) is 50.5. The van der Waals surface area contributed by atoms with E-state index in [2.05, 4.69) is 61.1 Å². The molecule has 0 aliphatic carbocycles. The summed E-state index contributed by atoms with van der Waals surface area (Å²) in [4.78, 5) is 126. The minimum absolute atomic E-state index is 0. The molecular formula is C35H48Cl2N12O13S3-2. The topological polar surface area (TPSA) is 403 Å². The van der Waals surface area contributed by atoms with Gasteiger partial charge in [0.1, 0.15) is 27.2 Å². The molecule has 0 aliphatic heterocycles. The summed E-state index contributed by atoms with van der Waals surface area (Å²) in [5.74, 6) is -6.83. The number of aromatic amines is 4. The Bertz CT molecular complexity index is 2110. The molecule has 0 radical (unpaired) electrons. The van der Waals surface area contributed by atoms with Crippen molar-refractivity contribution in [2.75, 3.05) is 0 Å². The number of carbonyl (C=O) groups is 9.